The van der Waals surface area contributed by atoms with Crippen LogP contribution in [-0.4, -0.2) is 15.3 Å². The van der Waals surface area contributed by atoms with Gasteiger partial charge in [-0.05, 0) is 42.3 Å². The zero-order valence-corrected chi connectivity index (χ0v) is 14.3. The second-order valence-electron chi connectivity index (χ2n) is 6.41. The van der Waals surface area contributed by atoms with Gasteiger partial charge in [0.2, 0.25) is 5.91 Å². The molecule has 2 heterocycles. The van der Waals surface area contributed by atoms with Crippen molar-refractivity contribution < 1.29 is 13.6 Å². The van der Waals surface area contributed by atoms with E-state index in [1.54, 1.807) is 16.5 Å². The van der Waals surface area contributed by atoms with Crippen LogP contribution in [0, 0.1) is 23.5 Å². The largest absolute Gasteiger partial charge is 0.309 e. The van der Waals surface area contributed by atoms with Gasteiger partial charge in [0.15, 0.2) is 5.82 Å². The molecule has 0 radical (unpaired) electrons. The van der Waals surface area contributed by atoms with Crippen molar-refractivity contribution in [3.8, 4) is 11.3 Å². The highest BCUT2D eigenvalue weighted by Crippen LogP contribution is 2.30. The molecule has 0 saturated carbocycles. The van der Waals surface area contributed by atoms with Crippen molar-refractivity contribution >= 4 is 17.4 Å². The lowest BCUT2D eigenvalue weighted by Crippen LogP contribution is -2.24. The molecular weight excluding hydrogens is 324 g/mol. The summed E-state index contributed by atoms with van der Waals surface area (Å²) in [5, 5.41) is 2.83. The van der Waals surface area contributed by atoms with Gasteiger partial charge < -0.3 is 5.32 Å². The van der Waals surface area contributed by atoms with Gasteiger partial charge in [-0.1, -0.05) is 20.8 Å². The first kappa shape index (κ1) is 17.1. The van der Waals surface area contributed by atoms with E-state index in [0.29, 0.717) is 22.7 Å². The molecule has 3 aromatic rings. The van der Waals surface area contributed by atoms with Crippen LogP contribution in [0.15, 0.2) is 42.6 Å². The predicted octanol–water partition coefficient (Wildman–Crippen LogP) is 4.51. The number of hydrogen-bond acceptors (Lipinski definition) is 2. The van der Waals surface area contributed by atoms with E-state index in [4.69, 9.17) is 0 Å². The zero-order valence-electron chi connectivity index (χ0n) is 14.3. The standard InChI is InChI=1S/C19H19F2N3O/c1-11(2)12(3)19(25)23-18-17(13-4-6-14(20)7-5-13)24-10-15(21)8-9-16(24)22-18/h4-12H,1-3H3,(H,23,25). The minimum absolute atomic E-state index is 0.165. The summed E-state index contributed by atoms with van der Waals surface area (Å²) in [6.45, 7) is 5.77. The number of halogens is 2. The summed E-state index contributed by atoms with van der Waals surface area (Å²) >= 11 is 0. The molecular formula is C19H19F2N3O. The zero-order chi connectivity index (χ0) is 18.1. The van der Waals surface area contributed by atoms with Crippen molar-refractivity contribution in [2.24, 2.45) is 11.8 Å². The van der Waals surface area contributed by atoms with Crippen molar-refractivity contribution in [2.45, 2.75) is 20.8 Å². The molecule has 4 nitrogen and oxygen atoms in total. The number of pyridine rings is 1. The Balaban J connectivity index is 2.12. The molecule has 130 valence electrons. The summed E-state index contributed by atoms with van der Waals surface area (Å²) in [6, 6.07) is 8.62. The van der Waals surface area contributed by atoms with E-state index in [9.17, 15) is 13.6 Å². The molecule has 1 aromatic carbocycles. The fraction of sp³-hybridized carbons (Fsp3) is 0.263. The van der Waals surface area contributed by atoms with E-state index in [1.807, 2.05) is 20.8 Å². The minimum atomic E-state index is -0.429. The molecule has 0 aliphatic rings. The third-order valence-corrected chi connectivity index (χ3v) is 4.36. The van der Waals surface area contributed by atoms with Crippen LogP contribution >= 0.6 is 0 Å². The summed E-state index contributed by atoms with van der Waals surface area (Å²) < 4.78 is 28.5. The quantitative estimate of drug-likeness (QED) is 0.757. The lowest BCUT2D eigenvalue weighted by Gasteiger charge is -2.15. The van der Waals surface area contributed by atoms with Gasteiger partial charge in [0.25, 0.3) is 0 Å². The van der Waals surface area contributed by atoms with Gasteiger partial charge in [0.05, 0.1) is 5.69 Å². The van der Waals surface area contributed by atoms with Crippen LogP contribution in [0.5, 0.6) is 0 Å². The van der Waals surface area contributed by atoms with Gasteiger partial charge in [-0.3, -0.25) is 9.20 Å². The molecule has 0 aliphatic carbocycles. The average Bonchev–Trinajstić information content (AvgIpc) is 2.91. The fourth-order valence-corrected chi connectivity index (χ4v) is 2.52. The minimum Gasteiger partial charge on any atom is -0.309 e. The number of anilines is 1. The van der Waals surface area contributed by atoms with Crippen molar-refractivity contribution in [3.05, 3.63) is 54.2 Å². The number of carbonyl (C=O) groups excluding carboxylic acids is 1. The van der Waals surface area contributed by atoms with E-state index in [0.717, 1.165) is 0 Å². The van der Waals surface area contributed by atoms with Crippen LogP contribution < -0.4 is 5.32 Å². The maximum Gasteiger partial charge on any atom is 0.228 e. The summed E-state index contributed by atoms with van der Waals surface area (Å²) in [4.78, 5) is 16.8. The first-order chi connectivity index (χ1) is 11.9. The number of nitrogens with one attached hydrogen (secondary N) is 1. The van der Waals surface area contributed by atoms with Crippen LogP contribution in [0.4, 0.5) is 14.6 Å². The Kier molecular flexibility index (Phi) is 4.53. The van der Waals surface area contributed by atoms with Gasteiger partial charge in [0, 0.05) is 17.7 Å². The second-order valence-corrected chi connectivity index (χ2v) is 6.41. The molecule has 1 atom stereocenters. The van der Waals surface area contributed by atoms with Crippen molar-refractivity contribution in [1.82, 2.24) is 9.38 Å². The summed E-state index contributed by atoms with van der Waals surface area (Å²) in [5.41, 5.74) is 1.64. The molecule has 25 heavy (non-hydrogen) atoms. The highest BCUT2D eigenvalue weighted by atomic mass is 19.1. The molecule has 0 spiro atoms. The first-order valence-electron chi connectivity index (χ1n) is 8.11. The molecule has 1 amide bonds. The van der Waals surface area contributed by atoms with Gasteiger partial charge in [-0.25, -0.2) is 13.8 Å². The number of rotatable bonds is 4. The van der Waals surface area contributed by atoms with Crippen LogP contribution in [-0.2, 0) is 4.79 Å². The highest BCUT2D eigenvalue weighted by Gasteiger charge is 2.21. The van der Waals surface area contributed by atoms with Crippen LogP contribution in [0.25, 0.3) is 16.9 Å². The SMILES string of the molecule is CC(C)C(C)C(=O)Nc1nc2ccc(F)cn2c1-c1ccc(F)cc1. The molecule has 3 rings (SSSR count). The average molecular weight is 343 g/mol. The fourth-order valence-electron chi connectivity index (χ4n) is 2.52. The lowest BCUT2D eigenvalue weighted by atomic mass is 9.97. The number of benzene rings is 1. The maximum atomic E-state index is 13.7. The normalized spacial score (nSPS) is 12.6. The van der Waals surface area contributed by atoms with E-state index in [-0.39, 0.29) is 23.6 Å². The Morgan fingerprint density at radius 3 is 2.32 bits per heavy atom. The number of aromatic nitrogens is 2. The molecule has 1 unspecified atom stereocenters. The first-order valence-corrected chi connectivity index (χ1v) is 8.11. The maximum absolute atomic E-state index is 13.7. The number of hydrogen-bond donors (Lipinski definition) is 1. The van der Waals surface area contributed by atoms with E-state index >= 15 is 0 Å². The Morgan fingerprint density at radius 1 is 1.04 bits per heavy atom. The lowest BCUT2D eigenvalue weighted by molar-refractivity contribution is -0.120. The highest BCUT2D eigenvalue weighted by molar-refractivity contribution is 5.95. The Labute approximate surface area is 144 Å². The van der Waals surface area contributed by atoms with Gasteiger partial charge in [-0.2, -0.15) is 0 Å². The Bertz CT molecular complexity index is 916. The summed E-state index contributed by atoms with van der Waals surface area (Å²) in [6.07, 6.45) is 1.29. The molecule has 0 aliphatic heterocycles. The Hall–Kier alpha value is -2.76. The van der Waals surface area contributed by atoms with Gasteiger partial charge in [0.1, 0.15) is 17.3 Å². The smallest absolute Gasteiger partial charge is 0.228 e. The molecule has 6 heteroatoms. The number of amides is 1. The molecule has 1 N–H and O–H groups in total. The van der Waals surface area contributed by atoms with Crippen molar-refractivity contribution in [3.63, 3.8) is 0 Å². The van der Waals surface area contributed by atoms with E-state index in [2.05, 4.69) is 10.3 Å². The molecule has 0 fully saturated rings. The van der Waals surface area contributed by atoms with E-state index < -0.39 is 5.82 Å². The van der Waals surface area contributed by atoms with Crippen LogP contribution in [0.1, 0.15) is 20.8 Å². The molecule has 2 aromatic heterocycles. The number of nitrogens with zero attached hydrogens (tertiary/aromatic N) is 2. The monoisotopic (exact) mass is 343 g/mol. The van der Waals surface area contributed by atoms with Crippen molar-refractivity contribution in [1.29, 1.82) is 0 Å². The van der Waals surface area contributed by atoms with Crippen molar-refractivity contribution in [2.75, 3.05) is 5.32 Å². The topological polar surface area (TPSA) is 46.4 Å². The second kappa shape index (κ2) is 6.63. The van der Waals surface area contributed by atoms with Gasteiger partial charge >= 0.3 is 0 Å². The van der Waals surface area contributed by atoms with Gasteiger partial charge in [-0.15, -0.1) is 0 Å². The predicted molar refractivity (Wildman–Crippen MR) is 93.2 cm³/mol. The summed E-state index contributed by atoms with van der Waals surface area (Å²) in [5.74, 6) is -0.673. The number of fused-ring (bicyclic) bond motifs is 1. The molecule has 0 saturated heterocycles. The van der Waals surface area contributed by atoms with Crippen LogP contribution in [0.3, 0.4) is 0 Å². The number of carbonyl (C=O) groups is 1. The van der Waals surface area contributed by atoms with Crippen LogP contribution in [0.2, 0.25) is 0 Å². The Morgan fingerprint density at radius 2 is 1.68 bits per heavy atom. The van der Waals surface area contributed by atoms with E-state index in [1.165, 1.54) is 30.5 Å². The molecule has 0 bridgehead atoms. The third-order valence-electron chi connectivity index (χ3n) is 4.36. The third kappa shape index (κ3) is 3.38. The summed E-state index contributed by atoms with van der Waals surface area (Å²) in [7, 11) is 0. The number of imidazole rings is 1.